The molecular weight excluding hydrogens is 752 g/mol. The number of ether oxygens (including phenoxy) is 4. The van der Waals surface area contributed by atoms with Crippen molar-refractivity contribution in [2.24, 2.45) is 0 Å². The second-order valence-corrected chi connectivity index (χ2v) is 10.9. The fraction of sp³-hybridized carbons (Fsp3) is 1.00. The van der Waals surface area contributed by atoms with Crippen LogP contribution in [0.3, 0.4) is 0 Å². The van der Waals surface area contributed by atoms with Crippen LogP contribution in [0.5, 0.6) is 0 Å². The van der Waals surface area contributed by atoms with Gasteiger partial charge in [-0.25, -0.2) is 22.6 Å². The van der Waals surface area contributed by atoms with Gasteiger partial charge in [-0.15, -0.1) is 0 Å². The van der Waals surface area contributed by atoms with E-state index in [1.54, 1.807) is 0 Å². The normalized spacial score (nSPS) is 17.5. The first-order valence-electron chi connectivity index (χ1n) is 11.6. The van der Waals surface area contributed by atoms with Gasteiger partial charge < -0.3 is 9.47 Å². The molecule has 0 radical (unpaired) electrons. The van der Waals surface area contributed by atoms with Crippen molar-refractivity contribution in [3.05, 3.63) is 0 Å². The Labute approximate surface area is 249 Å². The zero-order valence-electron chi connectivity index (χ0n) is 22.6. The smallest absolute Gasteiger partial charge is 0.372 e. The van der Waals surface area contributed by atoms with Crippen LogP contribution in [0.25, 0.3) is 0 Å². The third-order valence-corrected chi connectivity index (χ3v) is 6.58. The molecule has 284 valence electrons. The lowest BCUT2D eigenvalue weighted by molar-refractivity contribution is -0.543. The van der Waals surface area contributed by atoms with Crippen LogP contribution < -0.4 is 0 Å². The summed E-state index contributed by atoms with van der Waals surface area (Å²) in [4.78, 5) is 0. The molecule has 0 bridgehead atoms. The van der Waals surface area contributed by atoms with Crippen molar-refractivity contribution in [2.75, 3.05) is 13.2 Å². The highest BCUT2D eigenvalue weighted by Crippen LogP contribution is 2.56. The largest absolute Gasteiger partial charge is 0.460 e. The quantitative estimate of drug-likeness (QED) is 0.0773. The molecule has 47 heavy (non-hydrogen) atoms. The van der Waals surface area contributed by atoms with Crippen LogP contribution in [-0.2, 0) is 29.1 Å². The van der Waals surface area contributed by atoms with Crippen LogP contribution in [0.15, 0.2) is 0 Å². The lowest BCUT2D eigenvalue weighted by Crippen LogP contribution is -2.64. The zero-order valence-corrected chi connectivity index (χ0v) is 23.4. The van der Waals surface area contributed by atoms with E-state index in [0.29, 0.717) is 0 Å². The second kappa shape index (κ2) is 14.3. The van der Waals surface area contributed by atoms with Gasteiger partial charge in [-0.05, 0) is 6.42 Å². The van der Waals surface area contributed by atoms with Crippen LogP contribution in [-0.4, -0.2) is 98.2 Å². The standard InChI is InChI=1S/C19H20F20O7S/c1-3-10(20)44-8(9(47(40,41)42)6-12(23,24)11(2,21)22)4-5-43-7-13(25,26)45-18(36,37)19(38,39)46-17(34,35)15(29,30)14(27,28)16(31,32)33/h8-10H,3-7H2,1-2H3,(H,40,41,42)/t8?,9-,10?/m0/s1. The number of hydrogen-bond acceptors (Lipinski definition) is 6. The van der Waals surface area contributed by atoms with E-state index in [4.69, 9.17) is 0 Å². The summed E-state index contributed by atoms with van der Waals surface area (Å²) in [5, 5.41) is -3.20. The van der Waals surface area contributed by atoms with Crippen molar-refractivity contribution < 1.29 is 120 Å². The first kappa shape index (κ1) is 45.3. The Kier molecular flexibility index (Phi) is 13.8. The summed E-state index contributed by atoms with van der Waals surface area (Å²) >= 11 is 0. The van der Waals surface area contributed by atoms with Crippen molar-refractivity contribution in [3.63, 3.8) is 0 Å². The fourth-order valence-corrected chi connectivity index (χ4v) is 3.80. The molecule has 0 aromatic rings. The average Bonchev–Trinajstić information content (AvgIpc) is 2.80. The molecule has 28 heteroatoms. The molecule has 0 aromatic heterocycles. The van der Waals surface area contributed by atoms with E-state index in [9.17, 15) is 101 Å². The average molecular weight is 772 g/mol. The van der Waals surface area contributed by atoms with Gasteiger partial charge in [-0.3, -0.25) is 4.55 Å². The Balaban J connectivity index is 5.90. The molecule has 0 aliphatic carbocycles. The zero-order chi connectivity index (χ0) is 38.1. The first-order valence-corrected chi connectivity index (χ1v) is 13.2. The molecule has 0 amide bonds. The highest BCUT2D eigenvalue weighted by molar-refractivity contribution is 7.86. The van der Waals surface area contributed by atoms with Crippen LogP contribution in [0.2, 0.25) is 0 Å². The van der Waals surface area contributed by atoms with E-state index in [1.807, 2.05) is 0 Å². The van der Waals surface area contributed by atoms with Crippen molar-refractivity contribution in [3.8, 4) is 0 Å². The highest BCUT2D eigenvalue weighted by atomic mass is 32.2. The van der Waals surface area contributed by atoms with Gasteiger partial charge in [-0.2, -0.15) is 83.1 Å². The number of alkyl halides is 20. The number of halogens is 20. The van der Waals surface area contributed by atoms with Gasteiger partial charge in [0.05, 0.1) is 6.10 Å². The maximum atomic E-state index is 13.8. The molecule has 0 rings (SSSR count). The van der Waals surface area contributed by atoms with E-state index in [0.717, 1.165) is 6.92 Å². The molecule has 0 aromatic carbocycles. The summed E-state index contributed by atoms with van der Waals surface area (Å²) in [7, 11) is -5.91. The predicted octanol–water partition coefficient (Wildman–Crippen LogP) is 7.66. The highest BCUT2D eigenvalue weighted by Gasteiger charge is 2.85. The van der Waals surface area contributed by atoms with Gasteiger partial charge in [-0.1, -0.05) is 6.92 Å². The van der Waals surface area contributed by atoms with Gasteiger partial charge in [0.1, 0.15) is 11.9 Å². The van der Waals surface area contributed by atoms with Crippen LogP contribution in [0, 0.1) is 0 Å². The van der Waals surface area contributed by atoms with Gasteiger partial charge in [0.2, 0.25) is 0 Å². The van der Waals surface area contributed by atoms with Crippen molar-refractivity contribution in [2.45, 2.75) is 105 Å². The molecule has 3 atom stereocenters. The Morgan fingerprint density at radius 1 is 0.702 bits per heavy atom. The number of hydrogen-bond donors (Lipinski definition) is 1. The summed E-state index contributed by atoms with van der Waals surface area (Å²) in [6.07, 6.45) is -46.5. The van der Waals surface area contributed by atoms with E-state index in [-0.39, 0.29) is 0 Å². The molecule has 0 saturated carbocycles. The molecule has 0 aliphatic heterocycles. The van der Waals surface area contributed by atoms with Crippen LogP contribution in [0.4, 0.5) is 87.8 Å². The van der Waals surface area contributed by atoms with Gasteiger partial charge >= 0.3 is 54.3 Å². The predicted molar refractivity (Wildman–Crippen MR) is 109 cm³/mol. The topological polar surface area (TPSA) is 91.3 Å². The summed E-state index contributed by atoms with van der Waals surface area (Å²) in [5.74, 6) is -26.3. The Morgan fingerprint density at radius 3 is 1.53 bits per heavy atom. The SMILES string of the molecule is CCC(F)OC(CCOCC(F)(F)OC(F)(F)C(F)(F)OC(F)(F)C(F)(F)C(F)(F)C(F)(F)F)[C@H](CC(F)(F)C(C)(F)F)S(=O)(=O)O. The minimum absolute atomic E-state index is 0.423. The first-order chi connectivity index (χ1) is 20.3. The summed E-state index contributed by atoms with van der Waals surface area (Å²) in [6.45, 7) is -3.95. The fourth-order valence-electron chi connectivity index (χ4n) is 2.80. The van der Waals surface area contributed by atoms with Crippen LogP contribution in [0.1, 0.15) is 33.1 Å². The Bertz CT molecular complexity index is 1120. The molecular formula is C19H20F20O7S. The monoisotopic (exact) mass is 772 g/mol. The van der Waals surface area contributed by atoms with Crippen molar-refractivity contribution in [1.82, 2.24) is 0 Å². The molecule has 0 heterocycles. The van der Waals surface area contributed by atoms with Crippen molar-refractivity contribution in [1.29, 1.82) is 0 Å². The minimum Gasteiger partial charge on any atom is -0.372 e. The maximum absolute atomic E-state index is 13.8. The lowest BCUT2D eigenvalue weighted by Gasteiger charge is -2.36. The molecule has 0 fully saturated rings. The van der Waals surface area contributed by atoms with E-state index in [2.05, 4.69) is 14.2 Å². The number of rotatable bonds is 20. The molecule has 7 nitrogen and oxygen atoms in total. The van der Waals surface area contributed by atoms with E-state index >= 15 is 0 Å². The third-order valence-electron chi connectivity index (χ3n) is 5.35. The minimum atomic E-state index is -8.09. The molecule has 0 aliphatic rings. The van der Waals surface area contributed by atoms with Gasteiger partial charge in [0, 0.05) is 26.4 Å². The van der Waals surface area contributed by atoms with Gasteiger partial charge in [0.15, 0.2) is 6.36 Å². The lowest BCUT2D eigenvalue weighted by atomic mass is 10.0. The maximum Gasteiger partial charge on any atom is 0.460 e. The molecule has 0 spiro atoms. The van der Waals surface area contributed by atoms with Crippen molar-refractivity contribution >= 4 is 10.1 Å². The van der Waals surface area contributed by atoms with E-state index < -0.39 is 122 Å². The molecule has 2 unspecified atom stereocenters. The molecule has 0 saturated heterocycles. The second-order valence-electron chi connectivity index (χ2n) is 9.22. The Morgan fingerprint density at radius 2 is 1.15 bits per heavy atom. The van der Waals surface area contributed by atoms with E-state index in [1.165, 1.54) is 4.74 Å². The summed E-state index contributed by atoms with van der Waals surface area (Å²) in [6, 6.07) is 0. The molecule has 1 N–H and O–H groups in total. The summed E-state index contributed by atoms with van der Waals surface area (Å²) in [5.41, 5.74) is 0. The van der Waals surface area contributed by atoms with Crippen LogP contribution >= 0.6 is 0 Å². The third kappa shape index (κ3) is 11.2. The summed E-state index contributed by atoms with van der Waals surface area (Å²) < 4.78 is 308. The Hall–Kier alpha value is -1.65. The van der Waals surface area contributed by atoms with Gasteiger partial charge in [0.25, 0.3) is 10.1 Å².